The lowest BCUT2D eigenvalue weighted by Crippen LogP contribution is -2.15. The Hall–Kier alpha value is -3.31. The average Bonchev–Trinajstić information content (AvgIpc) is 2.68. The average molecular weight is 389 g/mol. The van der Waals surface area contributed by atoms with Gasteiger partial charge in [0.25, 0.3) is 0 Å². The van der Waals surface area contributed by atoms with E-state index < -0.39 is 10.0 Å². The summed E-state index contributed by atoms with van der Waals surface area (Å²) < 4.78 is 33.6. The zero-order chi connectivity index (χ0) is 19.4. The third-order valence-electron chi connectivity index (χ3n) is 4.28. The molecule has 0 aliphatic carbocycles. The maximum absolute atomic E-state index is 12.5. The molecular weight excluding hydrogens is 370 g/mol. The van der Waals surface area contributed by atoms with Crippen LogP contribution in [0.4, 0.5) is 5.69 Å². The fourth-order valence-electron chi connectivity index (χ4n) is 3.04. The summed E-state index contributed by atoms with van der Waals surface area (Å²) in [4.78, 5) is 0. The molecule has 5 heteroatoms. The lowest BCUT2D eigenvalue weighted by Gasteiger charge is -2.12. The summed E-state index contributed by atoms with van der Waals surface area (Å²) in [5.74, 6) is 1.21. The summed E-state index contributed by atoms with van der Waals surface area (Å²) in [6.07, 6.45) is 0. The van der Waals surface area contributed by atoms with E-state index >= 15 is 0 Å². The minimum Gasteiger partial charge on any atom is -0.457 e. The van der Waals surface area contributed by atoms with Crippen molar-refractivity contribution in [3.05, 3.63) is 103 Å². The first-order valence-corrected chi connectivity index (χ1v) is 10.5. The SMILES string of the molecule is O=S(=O)(Cc1ccccc1)Nc1cccc(Oc2cccc3ccccc23)c1. The van der Waals surface area contributed by atoms with Gasteiger partial charge in [-0.1, -0.05) is 72.8 Å². The van der Waals surface area contributed by atoms with Gasteiger partial charge in [-0.2, -0.15) is 0 Å². The fourth-order valence-corrected chi connectivity index (χ4v) is 4.23. The maximum Gasteiger partial charge on any atom is 0.236 e. The van der Waals surface area contributed by atoms with Crippen LogP contribution in [0.15, 0.2) is 97.1 Å². The zero-order valence-electron chi connectivity index (χ0n) is 15.1. The van der Waals surface area contributed by atoms with Crippen LogP contribution in [-0.2, 0) is 15.8 Å². The van der Waals surface area contributed by atoms with Crippen molar-refractivity contribution in [2.24, 2.45) is 0 Å². The van der Waals surface area contributed by atoms with E-state index in [2.05, 4.69) is 4.72 Å². The second-order valence-electron chi connectivity index (χ2n) is 6.45. The van der Waals surface area contributed by atoms with E-state index in [1.807, 2.05) is 60.7 Å². The number of hydrogen-bond acceptors (Lipinski definition) is 3. The third kappa shape index (κ3) is 4.32. The lowest BCUT2D eigenvalue weighted by atomic mass is 10.1. The van der Waals surface area contributed by atoms with Crippen molar-refractivity contribution in [1.29, 1.82) is 0 Å². The normalized spacial score (nSPS) is 11.3. The highest BCUT2D eigenvalue weighted by Crippen LogP contribution is 2.31. The monoisotopic (exact) mass is 389 g/mol. The van der Waals surface area contributed by atoms with Crippen LogP contribution in [0.5, 0.6) is 11.5 Å². The molecule has 0 amide bonds. The Bertz CT molecular complexity index is 1200. The van der Waals surface area contributed by atoms with Crippen LogP contribution < -0.4 is 9.46 Å². The summed E-state index contributed by atoms with van der Waals surface area (Å²) in [6, 6.07) is 29.9. The molecule has 0 unspecified atom stereocenters. The van der Waals surface area contributed by atoms with Gasteiger partial charge in [0.05, 0.1) is 11.4 Å². The van der Waals surface area contributed by atoms with E-state index in [1.54, 1.807) is 36.4 Å². The largest absolute Gasteiger partial charge is 0.457 e. The van der Waals surface area contributed by atoms with Crippen molar-refractivity contribution in [3.63, 3.8) is 0 Å². The van der Waals surface area contributed by atoms with E-state index in [4.69, 9.17) is 4.74 Å². The summed E-state index contributed by atoms with van der Waals surface area (Å²) in [7, 11) is -3.52. The fraction of sp³-hybridized carbons (Fsp3) is 0.0435. The predicted molar refractivity (Wildman–Crippen MR) is 113 cm³/mol. The van der Waals surface area contributed by atoms with E-state index in [0.717, 1.165) is 22.1 Å². The standard InChI is InChI=1S/C23H19NO3S/c25-28(26,17-18-8-2-1-3-9-18)24-20-12-7-13-21(16-20)27-23-15-6-11-19-10-4-5-14-22(19)23/h1-16,24H,17H2. The summed E-state index contributed by atoms with van der Waals surface area (Å²) in [5, 5.41) is 2.08. The molecule has 4 nitrogen and oxygen atoms in total. The van der Waals surface area contributed by atoms with E-state index in [1.165, 1.54) is 0 Å². The first-order valence-electron chi connectivity index (χ1n) is 8.89. The van der Waals surface area contributed by atoms with Gasteiger partial charge in [0.1, 0.15) is 11.5 Å². The number of fused-ring (bicyclic) bond motifs is 1. The molecule has 4 rings (SSSR count). The minimum absolute atomic E-state index is 0.0811. The van der Waals surface area contributed by atoms with Gasteiger partial charge in [-0.3, -0.25) is 4.72 Å². The number of rotatable bonds is 6. The van der Waals surface area contributed by atoms with Crippen LogP contribution in [0.3, 0.4) is 0 Å². The van der Waals surface area contributed by atoms with Gasteiger partial charge in [0.2, 0.25) is 10.0 Å². The van der Waals surface area contributed by atoms with E-state index in [-0.39, 0.29) is 5.75 Å². The molecule has 140 valence electrons. The molecule has 0 saturated heterocycles. The van der Waals surface area contributed by atoms with Crippen LogP contribution in [0.1, 0.15) is 5.56 Å². The minimum atomic E-state index is -3.52. The smallest absolute Gasteiger partial charge is 0.236 e. The molecule has 28 heavy (non-hydrogen) atoms. The molecule has 0 aliphatic heterocycles. The molecule has 0 bridgehead atoms. The molecule has 0 saturated carbocycles. The first-order chi connectivity index (χ1) is 13.6. The van der Waals surface area contributed by atoms with Crippen LogP contribution in [0.2, 0.25) is 0 Å². The first kappa shape index (κ1) is 18.1. The van der Waals surface area contributed by atoms with Gasteiger partial charge in [-0.25, -0.2) is 8.42 Å². The lowest BCUT2D eigenvalue weighted by molar-refractivity contribution is 0.488. The highest BCUT2D eigenvalue weighted by molar-refractivity contribution is 7.91. The molecule has 4 aromatic carbocycles. The molecule has 0 atom stereocenters. The van der Waals surface area contributed by atoms with Gasteiger partial charge in [0.15, 0.2) is 0 Å². The second-order valence-corrected chi connectivity index (χ2v) is 8.18. The number of hydrogen-bond donors (Lipinski definition) is 1. The van der Waals surface area contributed by atoms with Gasteiger partial charge in [0, 0.05) is 11.5 Å². The summed E-state index contributed by atoms with van der Waals surface area (Å²) in [5.41, 5.74) is 1.20. The molecule has 0 heterocycles. The van der Waals surface area contributed by atoms with E-state index in [0.29, 0.717) is 11.4 Å². The van der Waals surface area contributed by atoms with Gasteiger partial charge in [-0.15, -0.1) is 0 Å². The van der Waals surface area contributed by atoms with Crippen LogP contribution in [0.25, 0.3) is 10.8 Å². The molecule has 0 aromatic heterocycles. The van der Waals surface area contributed by atoms with Crippen LogP contribution in [0, 0.1) is 0 Å². The Balaban J connectivity index is 1.54. The Labute approximate surface area is 164 Å². The number of ether oxygens (including phenoxy) is 1. The predicted octanol–water partition coefficient (Wildman–Crippen LogP) is 5.57. The zero-order valence-corrected chi connectivity index (χ0v) is 15.9. The highest BCUT2D eigenvalue weighted by atomic mass is 32.2. The van der Waals surface area contributed by atoms with Crippen LogP contribution >= 0.6 is 0 Å². The van der Waals surface area contributed by atoms with Gasteiger partial charge in [-0.05, 0) is 29.1 Å². The molecule has 0 radical (unpaired) electrons. The van der Waals surface area contributed by atoms with Crippen molar-refractivity contribution in [1.82, 2.24) is 0 Å². The Kier molecular flexibility index (Phi) is 5.00. The van der Waals surface area contributed by atoms with Crippen molar-refractivity contribution in [3.8, 4) is 11.5 Å². The molecule has 4 aromatic rings. The highest BCUT2D eigenvalue weighted by Gasteiger charge is 2.12. The summed E-state index contributed by atoms with van der Waals surface area (Å²) in [6.45, 7) is 0. The quantitative estimate of drug-likeness (QED) is 0.469. The van der Waals surface area contributed by atoms with Crippen molar-refractivity contribution in [2.45, 2.75) is 5.75 Å². The summed E-state index contributed by atoms with van der Waals surface area (Å²) >= 11 is 0. The molecule has 0 spiro atoms. The van der Waals surface area contributed by atoms with Crippen LogP contribution in [-0.4, -0.2) is 8.42 Å². The van der Waals surface area contributed by atoms with Crippen molar-refractivity contribution in [2.75, 3.05) is 4.72 Å². The number of sulfonamides is 1. The number of nitrogens with one attached hydrogen (secondary N) is 1. The topological polar surface area (TPSA) is 55.4 Å². The Morgan fingerprint density at radius 3 is 2.32 bits per heavy atom. The van der Waals surface area contributed by atoms with Gasteiger partial charge < -0.3 is 4.74 Å². The molecule has 0 aliphatic rings. The molecular formula is C23H19NO3S. The molecule has 1 N–H and O–H groups in total. The number of anilines is 1. The van der Waals surface area contributed by atoms with E-state index in [9.17, 15) is 8.42 Å². The second kappa shape index (κ2) is 7.74. The van der Waals surface area contributed by atoms with Crippen molar-refractivity contribution >= 4 is 26.5 Å². The maximum atomic E-state index is 12.5. The van der Waals surface area contributed by atoms with Crippen molar-refractivity contribution < 1.29 is 13.2 Å². The number of benzene rings is 4. The Morgan fingerprint density at radius 2 is 1.46 bits per heavy atom. The molecule has 0 fully saturated rings. The Morgan fingerprint density at radius 1 is 0.750 bits per heavy atom. The van der Waals surface area contributed by atoms with Gasteiger partial charge >= 0.3 is 0 Å². The third-order valence-corrected chi connectivity index (χ3v) is 5.54.